The van der Waals surface area contributed by atoms with Gasteiger partial charge in [0, 0.05) is 18.5 Å². The van der Waals surface area contributed by atoms with Crippen LogP contribution in [0.15, 0.2) is 30.3 Å². The highest BCUT2D eigenvalue weighted by atomic mass is 16.5. The summed E-state index contributed by atoms with van der Waals surface area (Å²) in [4.78, 5) is 8.54. The van der Waals surface area contributed by atoms with Gasteiger partial charge in [0.15, 0.2) is 0 Å². The summed E-state index contributed by atoms with van der Waals surface area (Å²) >= 11 is 0. The van der Waals surface area contributed by atoms with E-state index in [1.165, 1.54) is 11.1 Å². The molecule has 0 radical (unpaired) electrons. The Morgan fingerprint density at radius 1 is 1.32 bits per heavy atom. The Kier molecular flexibility index (Phi) is 3.07. The lowest BCUT2D eigenvalue weighted by atomic mass is 9.78. The van der Waals surface area contributed by atoms with Crippen molar-refractivity contribution in [3.05, 3.63) is 47.3 Å². The van der Waals surface area contributed by atoms with Crippen LogP contribution < -0.4 is 10.1 Å². The van der Waals surface area contributed by atoms with Gasteiger partial charge in [0.25, 0.3) is 0 Å². The molecule has 0 saturated heterocycles. The monoisotopic (exact) mass is 255 g/mol. The Bertz CT molecular complexity index is 598. The lowest BCUT2D eigenvalue weighted by molar-refractivity contribution is 0.396. The molecule has 98 valence electrons. The molecule has 1 heterocycles. The van der Waals surface area contributed by atoms with Crippen molar-refractivity contribution in [1.82, 2.24) is 9.97 Å². The zero-order valence-electron chi connectivity index (χ0n) is 11.2. The van der Waals surface area contributed by atoms with E-state index in [4.69, 9.17) is 4.74 Å². The topological polar surface area (TPSA) is 47.0 Å². The first kappa shape index (κ1) is 12.0. The van der Waals surface area contributed by atoms with E-state index in [-0.39, 0.29) is 0 Å². The third-order valence-corrected chi connectivity index (χ3v) is 3.51. The minimum Gasteiger partial charge on any atom is -0.481 e. The van der Waals surface area contributed by atoms with Crippen LogP contribution in [0.5, 0.6) is 5.88 Å². The van der Waals surface area contributed by atoms with E-state index in [1.807, 2.05) is 13.0 Å². The molecule has 0 bridgehead atoms. The van der Waals surface area contributed by atoms with Crippen molar-refractivity contribution in [2.75, 3.05) is 19.0 Å². The van der Waals surface area contributed by atoms with Crippen LogP contribution in [-0.4, -0.2) is 23.6 Å². The molecule has 0 amide bonds. The van der Waals surface area contributed by atoms with E-state index in [1.54, 1.807) is 7.11 Å². The zero-order chi connectivity index (χ0) is 13.2. The second-order valence-electron chi connectivity index (χ2n) is 4.82. The minimum absolute atomic E-state index is 0.581. The lowest BCUT2D eigenvalue weighted by Crippen LogP contribution is -2.24. The summed E-state index contributed by atoms with van der Waals surface area (Å²) in [7, 11) is 1.62. The average Bonchev–Trinajstić information content (AvgIpc) is 2.39. The number of hydrogen-bond donors (Lipinski definition) is 1. The molecule has 0 fully saturated rings. The van der Waals surface area contributed by atoms with Gasteiger partial charge in [0.05, 0.1) is 7.11 Å². The quantitative estimate of drug-likeness (QED) is 0.912. The minimum atomic E-state index is 0.581. The highest BCUT2D eigenvalue weighted by molar-refractivity contribution is 5.44. The summed E-state index contributed by atoms with van der Waals surface area (Å²) in [6, 6.07) is 10.4. The Hall–Kier alpha value is -2.10. The largest absolute Gasteiger partial charge is 0.481 e. The van der Waals surface area contributed by atoms with Crippen molar-refractivity contribution in [2.45, 2.75) is 19.3 Å². The van der Waals surface area contributed by atoms with Crippen molar-refractivity contribution < 1.29 is 4.74 Å². The van der Waals surface area contributed by atoms with E-state index in [0.29, 0.717) is 11.8 Å². The van der Waals surface area contributed by atoms with Crippen LogP contribution >= 0.6 is 0 Å². The van der Waals surface area contributed by atoms with Crippen LogP contribution in [-0.2, 0) is 6.42 Å². The number of rotatable bonds is 4. The van der Waals surface area contributed by atoms with Crippen molar-refractivity contribution >= 4 is 5.82 Å². The van der Waals surface area contributed by atoms with Gasteiger partial charge in [-0.25, -0.2) is 4.98 Å². The fourth-order valence-corrected chi connectivity index (χ4v) is 2.51. The maximum atomic E-state index is 5.15. The van der Waals surface area contributed by atoms with Gasteiger partial charge in [-0.3, -0.25) is 0 Å². The van der Waals surface area contributed by atoms with E-state index >= 15 is 0 Å². The van der Waals surface area contributed by atoms with Gasteiger partial charge in [-0.05, 0) is 24.5 Å². The van der Waals surface area contributed by atoms with Crippen molar-refractivity contribution in [2.24, 2.45) is 0 Å². The number of aryl methyl sites for hydroxylation is 1. The number of nitrogens with zero attached hydrogens (tertiary/aromatic N) is 2. The molecule has 0 saturated carbocycles. The number of fused-ring (bicyclic) bond motifs is 1. The van der Waals surface area contributed by atoms with E-state index in [2.05, 4.69) is 39.6 Å². The number of hydrogen-bond acceptors (Lipinski definition) is 4. The SMILES string of the molecule is COc1cc(NCC2Cc3ccccc32)nc(C)n1. The van der Waals surface area contributed by atoms with Crippen molar-refractivity contribution in [3.63, 3.8) is 0 Å². The maximum absolute atomic E-state index is 5.15. The van der Waals surface area contributed by atoms with Crippen LogP contribution in [0.1, 0.15) is 22.9 Å². The third-order valence-electron chi connectivity index (χ3n) is 3.51. The molecular weight excluding hydrogens is 238 g/mol. The van der Waals surface area contributed by atoms with Gasteiger partial charge in [-0.1, -0.05) is 24.3 Å². The second kappa shape index (κ2) is 4.88. The zero-order valence-corrected chi connectivity index (χ0v) is 11.2. The summed E-state index contributed by atoms with van der Waals surface area (Å²) in [5.41, 5.74) is 2.92. The molecule has 1 aliphatic carbocycles. The smallest absolute Gasteiger partial charge is 0.218 e. The van der Waals surface area contributed by atoms with Gasteiger partial charge >= 0.3 is 0 Å². The molecule has 4 nitrogen and oxygen atoms in total. The lowest BCUT2D eigenvalue weighted by Gasteiger charge is -2.30. The van der Waals surface area contributed by atoms with Gasteiger partial charge in [-0.15, -0.1) is 0 Å². The molecule has 4 heteroatoms. The van der Waals surface area contributed by atoms with Gasteiger partial charge in [0.1, 0.15) is 11.6 Å². The molecule has 2 aromatic rings. The van der Waals surface area contributed by atoms with Gasteiger partial charge in [0.2, 0.25) is 5.88 Å². The van der Waals surface area contributed by atoms with Gasteiger partial charge in [-0.2, -0.15) is 4.98 Å². The number of benzene rings is 1. The van der Waals surface area contributed by atoms with E-state index in [0.717, 1.165) is 24.6 Å². The number of aromatic nitrogens is 2. The number of nitrogens with one attached hydrogen (secondary N) is 1. The number of anilines is 1. The highest BCUT2D eigenvalue weighted by Gasteiger charge is 2.24. The average molecular weight is 255 g/mol. The molecular formula is C15H17N3O. The van der Waals surface area contributed by atoms with E-state index in [9.17, 15) is 0 Å². The predicted octanol–water partition coefficient (Wildman–Crippen LogP) is 2.55. The number of ether oxygens (including phenoxy) is 1. The Morgan fingerprint density at radius 2 is 2.16 bits per heavy atom. The molecule has 1 atom stereocenters. The molecule has 1 aromatic carbocycles. The summed E-state index contributed by atoms with van der Waals surface area (Å²) in [5, 5.41) is 3.37. The van der Waals surface area contributed by atoms with Crippen LogP contribution in [0, 0.1) is 6.92 Å². The molecule has 1 aliphatic rings. The fraction of sp³-hybridized carbons (Fsp3) is 0.333. The molecule has 19 heavy (non-hydrogen) atoms. The van der Waals surface area contributed by atoms with Gasteiger partial charge < -0.3 is 10.1 Å². The second-order valence-corrected chi connectivity index (χ2v) is 4.82. The van der Waals surface area contributed by atoms with Crippen molar-refractivity contribution in [3.8, 4) is 5.88 Å². The first-order chi connectivity index (χ1) is 9.26. The Balaban J connectivity index is 1.66. The standard InChI is InChI=1S/C15H17N3O/c1-10-17-14(8-15(18-10)19-2)16-9-12-7-11-5-3-4-6-13(11)12/h3-6,8,12H,7,9H2,1-2H3,(H,16,17,18). The van der Waals surface area contributed by atoms with Crippen LogP contribution in [0.3, 0.4) is 0 Å². The first-order valence-electron chi connectivity index (χ1n) is 6.47. The number of methoxy groups -OCH3 is 1. The van der Waals surface area contributed by atoms with Crippen LogP contribution in [0.2, 0.25) is 0 Å². The van der Waals surface area contributed by atoms with Crippen molar-refractivity contribution in [1.29, 1.82) is 0 Å². The first-order valence-corrected chi connectivity index (χ1v) is 6.47. The molecule has 0 spiro atoms. The molecule has 1 N–H and O–H groups in total. The summed E-state index contributed by atoms with van der Waals surface area (Å²) in [6.07, 6.45) is 1.14. The van der Waals surface area contributed by atoms with Crippen LogP contribution in [0.25, 0.3) is 0 Å². The summed E-state index contributed by atoms with van der Waals surface area (Å²) in [5.74, 6) is 2.73. The molecule has 1 unspecified atom stereocenters. The van der Waals surface area contributed by atoms with Crippen LogP contribution in [0.4, 0.5) is 5.82 Å². The third kappa shape index (κ3) is 2.38. The highest BCUT2D eigenvalue weighted by Crippen LogP contribution is 2.34. The Labute approximate surface area is 112 Å². The summed E-state index contributed by atoms with van der Waals surface area (Å²) < 4.78 is 5.15. The molecule has 0 aliphatic heterocycles. The predicted molar refractivity (Wildman–Crippen MR) is 74.7 cm³/mol. The maximum Gasteiger partial charge on any atom is 0.218 e. The Morgan fingerprint density at radius 3 is 2.95 bits per heavy atom. The molecule has 1 aromatic heterocycles. The summed E-state index contributed by atoms with van der Waals surface area (Å²) in [6.45, 7) is 2.77. The fourth-order valence-electron chi connectivity index (χ4n) is 2.51. The normalized spacial score (nSPS) is 16.4. The molecule has 3 rings (SSSR count). The van der Waals surface area contributed by atoms with E-state index < -0.39 is 0 Å².